The fourth-order valence-corrected chi connectivity index (χ4v) is 5.53. The molecule has 4 aromatic carbocycles. The summed E-state index contributed by atoms with van der Waals surface area (Å²) in [6.45, 7) is 2.00. The Labute approximate surface area is 229 Å². The fraction of sp³-hybridized carbons (Fsp3) is 0.114. The summed E-state index contributed by atoms with van der Waals surface area (Å²) in [5.74, 6) is 0.709. The molecule has 39 heavy (non-hydrogen) atoms. The molecule has 5 aromatic rings. The van der Waals surface area contributed by atoms with E-state index in [1.54, 1.807) is 0 Å². The van der Waals surface area contributed by atoms with Crippen LogP contribution in [0.3, 0.4) is 0 Å². The molecule has 192 valence electrons. The molecular formula is C35H32N4. The lowest BCUT2D eigenvalue weighted by atomic mass is 9.86. The summed E-state index contributed by atoms with van der Waals surface area (Å²) in [5.41, 5.74) is 23.9. The highest BCUT2D eigenvalue weighted by molar-refractivity contribution is 5.99. The minimum atomic E-state index is 0.0655. The minimum absolute atomic E-state index is 0.0655. The molecule has 1 atom stereocenters. The average Bonchev–Trinajstić information content (AvgIpc) is 3.31. The van der Waals surface area contributed by atoms with Gasteiger partial charge in [-0.2, -0.15) is 0 Å². The normalized spacial score (nSPS) is 15.2. The van der Waals surface area contributed by atoms with Crippen LogP contribution in [0, 0.1) is 0 Å². The maximum absolute atomic E-state index is 6.73. The number of aromatic nitrogens is 1. The molecule has 0 bridgehead atoms. The molecule has 0 saturated heterocycles. The van der Waals surface area contributed by atoms with Crippen LogP contribution in [0.15, 0.2) is 108 Å². The smallest absolute Gasteiger partial charge is 0.108 e. The maximum atomic E-state index is 6.73. The van der Waals surface area contributed by atoms with Crippen molar-refractivity contribution in [3.8, 4) is 11.1 Å². The molecule has 1 aliphatic rings. The van der Waals surface area contributed by atoms with Crippen LogP contribution in [0.1, 0.15) is 47.2 Å². The molecule has 5 N–H and O–H groups in total. The lowest BCUT2D eigenvalue weighted by Gasteiger charge is -2.21. The van der Waals surface area contributed by atoms with E-state index in [1.807, 2.05) is 31.2 Å². The molecule has 1 aliphatic carbocycles. The Morgan fingerprint density at radius 3 is 2.59 bits per heavy atom. The van der Waals surface area contributed by atoms with Crippen LogP contribution in [0.5, 0.6) is 0 Å². The summed E-state index contributed by atoms with van der Waals surface area (Å²) in [5, 5.41) is 1.08. The van der Waals surface area contributed by atoms with Gasteiger partial charge in [0.05, 0.1) is 5.69 Å². The Morgan fingerprint density at radius 2 is 1.74 bits per heavy atom. The first kappa shape index (κ1) is 24.5. The van der Waals surface area contributed by atoms with Gasteiger partial charge in [0.1, 0.15) is 5.84 Å². The second-order valence-corrected chi connectivity index (χ2v) is 10.0. The molecule has 6 rings (SSSR count). The lowest BCUT2D eigenvalue weighted by Crippen LogP contribution is -2.23. The summed E-state index contributed by atoms with van der Waals surface area (Å²) in [4.78, 5) is 8.69. The molecule has 1 heterocycles. The van der Waals surface area contributed by atoms with Crippen LogP contribution >= 0.6 is 0 Å². The monoisotopic (exact) mass is 508 g/mol. The zero-order valence-corrected chi connectivity index (χ0v) is 22.1. The molecule has 0 amide bonds. The first-order valence-electron chi connectivity index (χ1n) is 13.4. The number of fused-ring (bicyclic) bond motifs is 2. The molecule has 4 heteroatoms. The van der Waals surface area contributed by atoms with Crippen molar-refractivity contribution in [3.63, 3.8) is 0 Å². The number of nitrogen functional groups attached to an aromatic ring is 1. The number of benzene rings is 4. The molecule has 0 saturated carbocycles. The number of aromatic amines is 1. The van der Waals surface area contributed by atoms with Crippen LogP contribution in [-0.4, -0.2) is 10.8 Å². The topological polar surface area (TPSA) is 80.2 Å². The number of allylic oxidation sites excluding steroid dienone is 2. The van der Waals surface area contributed by atoms with Gasteiger partial charge in [0.2, 0.25) is 0 Å². The van der Waals surface area contributed by atoms with E-state index < -0.39 is 0 Å². The van der Waals surface area contributed by atoms with Gasteiger partial charge in [0, 0.05) is 40.2 Å². The number of H-pyrrole nitrogens is 1. The van der Waals surface area contributed by atoms with Crippen molar-refractivity contribution in [2.75, 3.05) is 5.73 Å². The molecule has 1 aromatic heterocycles. The maximum Gasteiger partial charge on any atom is 0.108 e. The number of para-hydroxylation sites is 2. The van der Waals surface area contributed by atoms with Crippen LogP contribution < -0.4 is 11.5 Å². The van der Waals surface area contributed by atoms with Crippen LogP contribution in [0.2, 0.25) is 0 Å². The van der Waals surface area contributed by atoms with Gasteiger partial charge in [0.15, 0.2) is 0 Å². The highest BCUT2D eigenvalue weighted by atomic mass is 14.9. The number of rotatable bonds is 6. The fourth-order valence-electron chi connectivity index (χ4n) is 5.53. The predicted molar refractivity (Wildman–Crippen MR) is 166 cm³/mol. The molecule has 0 fully saturated rings. The van der Waals surface area contributed by atoms with Crippen molar-refractivity contribution in [1.29, 1.82) is 0 Å². The van der Waals surface area contributed by atoms with E-state index in [0.717, 1.165) is 57.5 Å². The Hall–Kier alpha value is -4.83. The van der Waals surface area contributed by atoms with Crippen molar-refractivity contribution in [3.05, 3.63) is 131 Å². The van der Waals surface area contributed by atoms with Gasteiger partial charge in [-0.25, -0.2) is 4.99 Å². The third-order valence-corrected chi connectivity index (χ3v) is 7.52. The molecule has 1 unspecified atom stereocenters. The Kier molecular flexibility index (Phi) is 6.60. The molecule has 0 radical (unpaired) electrons. The van der Waals surface area contributed by atoms with Crippen molar-refractivity contribution < 1.29 is 0 Å². The van der Waals surface area contributed by atoms with Gasteiger partial charge in [0.25, 0.3) is 0 Å². The van der Waals surface area contributed by atoms with E-state index in [4.69, 9.17) is 16.5 Å². The first-order valence-corrected chi connectivity index (χ1v) is 13.4. The molecule has 0 spiro atoms. The second kappa shape index (κ2) is 10.5. The summed E-state index contributed by atoms with van der Waals surface area (Å²) in [6, 6.07) is 31.5. The quantitative estimate of drug-likeness (QED) is 0.123. The van der Waals surface area contributed by atoms with Crippen LogP contribution in [-0.2, 0) is 6.42 Å². The van der Waals surface area contributed by atoms with Crippen molar-refractivity contribution >= 4 is 40.3 Å². The van der Waals surface area contributed by atoms with E-state index >= 15 is 0 Å². The minimum Gasteiger partial charge on any atom is -0.398 e. The zero-order valence-electron chi connectivity index (χ0n) is 22.1. The number of anilines is 1. The number of hydrogen-bond acceptors (Lipinski definition) is 2. The highest BCUT2D eigenvalue weighted by Gasteiger charge is 2.21. The second-order valence-electron chi connectivity index (χ2n) is 10.0. The summed E-state index contributed by atoms with van der Waals surface area (Å²) < 4.78 is 0. The van der Waals surface area contributed by atoms with Gasteiger partial charge in [-0.15, -0.1) is 0 Å². The van der Waals surface area contributed by atoms with E-state index in [-0.39, 0.29) is 5.92 Å². The summed E-state index contributed by atoms with van der Waals surface area (Å²) >= 11 is 0. The Bertz CT molecular complexity index is 1730. The predicted octanol–water partition coefficient (Wildman–Crippen LogP) is 8.23. The van der Waals surface area contributed by atoms with Gasteiger partial charge in [-0.1, -0.05) is 109 Å². The standard InChI is InChI=1S/C35H32N4/c1-2-9-26-12-8-15-28(33(26)36)25-20-18-23(19-21-25)22-32-34(30-14-5-6-17-31(30)38-32)39-35(37)29-16-7-11-24-10-3-4-13-27(24)29/h2-15,17-21,29,38H,16,22,36H2,1H3,(H2,37,39)/b9-2-. The number of nitrogens with one attached hydrogen (secondary N) is 1. The number of aliphatic imine (C=N–C) groups is 1. The molecule has 4 nitrogen and oxygen atoms in total. The van der Waals surface area contributed by atoms with Crippen molar-refractivity contribution in [2.45, 2.75) is 25.7 Å². The van der Waals surface area contributed by atoms with E-state index in [2.05, 4.69) is 96.0 Å². The SMILES string of the molecule is C/C=C\c1cccc(-c2ccc(Cc3[nH]c4ccccc4c3N=C(N)C3CC=Cc4ccccc43)cc2)c1N. The van der Waals surface area contributed by atoms with E-state index in [0.29, 0.717) is 5.84 Å². The van der Waals surface area contributed by atoms with Crippen molar-refractivity contribution in [2.24, 2.45) is 10.7 Å². The van der Waals surface area contributed by atoms with Gasteiger partial charge >= 0.3 is 0 Å². The number of hydrogen-bond donors (Lipinski definition) is 3. The van der Waals surface area contributed by atoms with Crippen LogP contribution in [0.4, 0.5) is 11.4 Å². The first-order chi connectivity index (χ1) is 19.1. The summed E-state index contributed by atoms with van der Waals surface area (Å²) in [6.07, 6.45) is 9.98. The van der Waals surface area contributed by atoms with Crippen LogP contribution in [0.25, 0.3) is 34.2 Å². The molecule has 0 aliphatic heterocycles. The number of nitrogens with two attached hydrogens (primary N) is 2. The number of nitrogens with zero attached hydrogens (tertiary/aromatic N) is 1. The Morgan fingerprint density at radius 1 is 0.949 bits per heavy atom. The third kappa shape index (κ3) is 4.77. The molecular weight excluding hydrogens is 476 g/mol. The van der Waals surface area contributed by atoms with Gasteiger partial charge in [-0.3, -0.25) is 0 Å². The zero-order chi connectivity index (χ0) is 26.8. The lowest BCUT2D eigenvalue weighted by molar-refractivity contribution is 0.884. The van der Waals surface area contributed by atoms with Gasteiger partial charge in [-0.05, 0) is 47.2 Å². The average molecular weight is 509 g/mol. The summed E-state index contributed by atoms with van der Waals surface area (Å²) in [7, 11) is 0. The highest BCUT2D eigenvalue weighted by Crippen LogP contribution is 2.36. The number of amidine groups is 1. The third-order valence-electron chi connectivity index (χ3n) is 7.52. The van der Waals surface area contributed by atoms with Crippen molar-refractivity contribution in [1.82, 2.24) is 4.98 Å². The van der Waals surface area contributed by atoms with E-state index in [1.165, 1.54) is 16.7 Å². The largest absolute Gasteiger partial charge is 0.398 e. The Balaban J connectivity index is 1.34. The van der Waals surface area contributed by atoms with E-state index in [9.17, 15) is 0 Å². The van der Waals surface area contributed by atoms with Gasteiger partial charge < -0.3 is 16.5 Å².